The van der Waals surface area contributed by atoms with Crippen LogP contribution in [0, 0.1) is 4.77 Å². The van der Waals surface area contributed by atoms with Crippen molar-refractivity contribution in [1.29, 1.82) is 0 Å². The van der Waals surface area contributed by atoms with Crippen LogP contribution in [-0.2, 0) is 11.4 Å². The van der Waals surface area contributed by atoms with Crippen LogP contribution in [-0.4, -0.2) is 40.7 Å². The lowest BCUT2D eigenvalue weighted by Crippen LogP contribution is -3.13. The van der Waals surface area contributed by atoms with Gasteiger partial charge in [0.2, 0.25) is 4.77 Å². The number of morpholine rings is 1. The second kappa shape index (κ2) is 5.95. The Bertz CT molecular complexity index is 699. The summed E-state index contributed by atoms with van der Waals surface area (Å²) in [6.45, 7) is 4.55. The summed E-state index contributed by atoms with van der Waals surface area (Å²) in [5.74, 6) is 1.70. The molecule has 4 rings (SSSR count). The molecule has 0 amide bonds. The van der Waals surface area contributed by atoms with Crippen LogP contribution in [0.25, 0.3) is 5.69 Å². The van der Waals surface area contributed by atoms with Crippen LogP contribution in [0.5, 0.6) is 0 Å². The standard InChI is InChI=1S/C16H20N4OS/c22-16-19(12-18-8-10-21-11-9-18)17-15(13-6-7-13)20(16)14-4-2-1-3-5-14/h1-5,13H,6-12H2/p+1. The molecule has 1 N–H and O–H groups in total. The van der Waals surface area contributed by atoms with E-state index >= 15 is 0 Å². The van der Waals surface area contributed by atoms with Gasteiger partial charge in [-0.05, 0) is 37.2 Å². The van der Waals surface area contributed by atoms with Crippen molar-refractivity contribution < 1.29 is 9.64 Å². The number of aromatic nitrogens is 3. The number of rotatable bonds is 4. The third-order valence-electron chi connectivity index (χ3n) is 4.39. The summed E-state index contributed by atoms with van der Waals surface area (Å²) in [6.07, 6.45) is 2.45. The molecule has 0 atom stereocenters. The maximum absolute atomic E-state index is 5.73. The lowest BCUT2D eigenvalue weighted by molar-refractivity contribution is -0.930. The zero-order valence-corrected chi connectivity index (χ0v) is 13.4. The first-order chi connectivity index (χ1) is 10.8. The van der Waals surface area contributed by atoms with Gasteiger partial charge < -0.3 is 9.64 Å². The smallest absolute Gasteiger partial charge is 0.207 e. The van der Waals surface area contributed by atoms with Gasteiger partial charge in [-0.3, -0.25) is 4.57 Å². The largest absolute Gasteiger partial charge is 0.370 e. The number of quaternary nitrogens is 1. The minimum atomic E-state index is 0.572. The zero-order chi connectivity index (χ0) is 14.9. The van der Waals surface area contributed by atoms with Crippen molar-refractivity contribution in [3.05, 3.63) is 40.9 Å². The first-order valence-electron chi connectivity index (χ1n) is 7.99. The van der Waals surface area contributed by atoms with Crippen LogP contribution in [0.2, 0.25) is 0 Å². The third kappa shape index (κ3) is 2.74. The molecular formula is C16H21N4OS+. The van der Waals surface area contributed by atoms with Gasteiger partial charge >= 0.3 is 0 Å². The van der Waals surface area contributed by atoms with Gasteiger partial charge in [-0.15, -0.1) is 0 Å². The van der Waals surface area contributed by atoms with Crippen molar-refractivity contribution in [2.24, 2.45) is 0 Å². The molecule has 1 aliphatic heterocycles. The van der Waals surface area contributed by atoms with Crippen molar-refractivity contribution in [3.63, 3.8) is 0 Å². The third-order valence-corrected chi connectivity index (χ3v) is 4.79. The Kier molecular flexibility index (Phi) is 3.82. The van der Waals surface area contributed by atoms with Gasteiger partial charge in [0.25, 0.3) is 0 Å². The molecule has 1 aromatic heterocycles. The fourth-order valence-corrected chi connectivity index (χ4v) is 3.29. The van der Waals surface area contributed by atoms with Crippen LogP contribution < -0.4 is 4.90 Å². The van der Waals surface area contributed by atoms with Gasteiger partial charge in [-0.25, -0.2) is 0 Å². The van der Waals surface area contributed by atoms with Crippen LogP contribution in [0.4, 0.5) is 0 Å². The maximum Gasteiger partial charge on any atom is 0.207 e. The number of hydrogen-bond donors (Lipinski definition) is 1. The van der Waals surface area contributed by atoms with Gasteiger partial charge in [0.05, 0.1) is 13.2 Å². The molecule has 116 valence electrons. The predicted octanol–water partition coefficient (Wildman–Crippen LogP) is 1.15. The highest BCUT2D eigenvalue weighted by molar-refractivity contribution is 7.71. The fraction of sp³-hybridized carbons (Fsp3) is 0.500. The number of para-hydroxylation sites is 1. The molecule has 2 aromatic rings. The summed E-state index contributed by atoms with van der Waals surface area (Å²) in [5, 5.41) is 4.86. The molecule has 0 bridgehead atoms. The van der Waals surface area contributed by atoms with Crippen molar-refractivity contribution in [3.8, 4) is 5.69 Å². The number of nitrogens with zero attached hydrogens (tertiary/aromatic N) is 3. The summed E-state index contributed by atoms with van der Waals surface area (Å²) < 4.78 is 10.4. The van der Waals surface area contributed by atoms with E-state index in [9.17, 15) is 0 Å². The van der Waals surface area contributed by atoms with E-state index in [1.807, 2.05) is 10.7 Å². The molecule has 1 saturated carbocycles. The van der Waals surface area contributed by atoms with Gasteiger partial charge in [-0.1, -0.05) is 18.2 Å². The molecule has 1 aliphatic carbocycles. The molecule has 5 nitrogen and oxygen atoms in total. The number of benzene rings is 1. The van der Waals surface area contributed by atoms with Gasteiger partial charge in [0, 0.05) is 11.6 Å². The van der Waals surface area contributed by atoms with Crippen molar-refractivity contribution in [2.75, 3.05) is 26.3 Å². The normalized spacial score (nSPS) is 19.5. The highest BCUT2D eigenvalue weighted by atomic mass is 32.1. The average molecular weight is 317 g/mol. The Morgan fingerprint density at radius 1 is 1.18 bits per heavy atom. The van der Waals surface area contributed by atoms with E-state index in [1.165, 1.54) is 17.7 Å². The summed E-state index contributed by atoms with van der Waals surface area (Å²) in [6, 6.07) is 10.4. The number of ether oxygens (including phenoxy) is 1. The van der Waals surface area contributed by atoms with Gasteiger partial charge in [-0.2, -0.15) is 9.78 Å². The van der Waals surface area contributed by atoms with E-state index in [0.29, 0.717) is 5.92 Å². The highest BCUT2D eigenvalue weighted by Crippen LogP contribution is 2.40. The molecule has 2 heterocycles. The lowest BCUT2D eigenvalue weighted by atomic mass is 10.3. The van der Waals surface area contributed by atoms with Crippen molar-refractivity contribution in [1.82, 2.24) is 14.3 Å². The Balaban J connectivity index is 1.69. The second-order valence-corrected chi connectivity index (χ2v) is 6.47. The predicted molar refractivity (Wildman–Crippen MR) is 85.9 cm³/mol. The quantitative estimate of drug-likeness (QED) is 0.860. The second-order valence-electron chi connectivity index (χ2n) is 6.11. The van der Waals surface area contributed by atoms with Crippen molar-refractivity contribution in [2.45, 2.75) is 25.4 Å². The zero-order valence-electron chi connectivity index (χ0n) is 12.6. The molecule has 0 spiro atoms. The van der Waals surface area contributed by atoms with Crippen LogP contribution in [0.1, 0.15) is 24.6 Å². The summed E-state index contributed by atoms with van der Waals surface area (Å²) in [4.78, 5) is 1.49. The molecular weight excluding hydrogens is 296 g/mol. The van der Waals surface area contributed by atoms with Crippen LogP contribution in [0.15, 0.2) is 30.3 Å². The Hall–Kier alpha value is -1.50. The summed E-state index contributed by atoms with van der Waals surface area (Å²) >= 11 is 5.73. The van der Waals surface area contributed by atoms with Crippen molar-refractivity contribution >= 4 is 12.2 Å². The van der Waals surface area contributed by atoms with Gasteiger partial charge in [0.15, 0.2) is 6.67 Å². The van der Waals surface area contributed by atoms with E-state index in [2.05, 4.69) is 28.8 Å². The summed E-state index contributed by atoms with van der Waals surface area (Å²) in [7, 11) is 0. The maximum atomic E-state index is 5.73. The Morgan fingerprint density at radius 3 is 2.59 bits per heavy atom. The highest BCUT2D eigenvalue weighted by Gasteiger charge is 2.31. The molecule has 2 fully saturated rings. The molecule has 22 heavy (non-hydrogen) atoms. The van der Waals surface area contributed by atoms with E-state index < -0.39 is 0 Å². The van der Waals surface area contributed by atoms with Gasteiger partial charge in [0.1, 0.15) is 18.9 Å². The van der Waals surface area contributed by atoms with E-state index in [0.717, 1.165) is 49.3 Å². The Labute approximate surface area is 135 Å². The molecule has 0 unspecified atom stereocenters. The topological polar surface area (TPSA) is 36.4 Å². The van der Waals surface area contributed by atoms with E-state index in [1.54, 1.807) is 0 Å². The molecule has 1 aromatic carbocycles. The number of hydrogen-bond acceptors (Lipinski definition) is 3. The Morgan fingerprint density at radius 2 is 1.91 bits per heavy atom. The minimum absolute atomic E-state index is 0.572. The monoisotopic (exact) mass is 317 g/mol. The fourth-order valence-electron chi connectivity index (χ4n) is 2.98. The molecule has 0 radical (unpaired) electrons. The van der Waals surface area contributed by atoms with Crippen LogP contribution in [0.3, 0.4) is 0 Å². The molecule has 2 aliphatic rings. The first-order valence-corrected chi connectivity index (χ1v) is 8.40. The van der Waals surface area contributed by atoms with E-state index in [-0.39, 0.29) is 0 Å². The SMILES string of the molecule is S=c1n(C[NH+]2CCOCC2)nc(C2CC2)n1-c1ccccc1. The first kappa shape index (κ1) is 14.1. The van der Waals surface area contributed by atoms with E-state index in [4.69, 9.17) is 22.1 Å². The molecule has 6 heteroatoms. The summed E-state index contributed by atoms with van der Waals surface area (Å²) in [5.41, 5.74) is 1.12. The minimum Gasteiger partial charge on any atom is -0.370 e. The number of nitrogens with one attached hydrogen (secondary N) is 1. The molecule has 1 saturated heterocycles. The lowest BCUT2D eigenvalue weighted by Gasteiger charge is -2.23. The average Bonchev–Trinajstić information content (AvgIpc) is 3.35. The van der Waals surface area contributed by atoms with Crippen LogP contribution >= 0.6 is 12.2 Å².